The highest BCUT2D eigenvalue weighted by atomic mass is 16.5. The summed E-state index contributed by atoms with van der Waals surface area (Å²) in [6, 6.07) is 19.8. The maximum Gasteiger partial charge on any atom is 0.253 e. The van der Waals surface area contributed by atoms with E-state index in [1.54, 1.807) is 23.0 Å². The largest absolute Gasteiger partial charge is 0.497 e. The summed E-state index contributed by atoms with van der Waals surface area (Å²) in [5.74, 6) is 0.831. The molecule has 0 aliphatic heterocycles. The van der Waals surface area contributed by atoms with Crippen LogP contribution in [0.25, 0.3) is 10.8 Å². The highest BCUT2D eigenvalue weighted by Crippen LogP contribution is 2.22. The van der Waals surface area contributed by atoms with Crippen LogP contribution in [0.4, 0.5) is 0 Å². The van der Waals surface area contributed by atoms with Crippen LogP contribution in [-0.2, 0) is 13.1 Å². The van der Waals surface area contributed by atoms with Crippen LogP contribution in [0.15, 0.2) is 73.3 Å². The van der Waals surface area contributed by atoms with Crippen LogP contribution < -0.4 is 4.74 Å². The van der Waals surface area contributed by atoms with Crippen molar-refractivity contribution in [1.82, 2.24) is 19.7 Å². The Hall–Kier alpha value is -3.67. The molecule has 1 amide bonds. The maximum absolute atomic E-state index is 12.8. The molecule has 6 heteroatoms. The van der Waals surface area contributed by atoms with Crippen molar-refractivity contribution < 1.29 is 9.53 Å². The predicted octanol–water partition coefficient (Wildman–Crippen LogP) is 3.76. The smallest absolute Gasteiger partial charge is 0.253 e. The van der Waals surface area contributed by atoms with E-state index in [1.807, 2.05) is 55.6 Å². The first-order valence-corrected chi connectivity index (χ1v) is 9.36. The number of ether oxygens (including phenoxy) is 1. The molecule has 0 aliphatic carbocycles. The molecule has 1 heterocycles. The van der Waals surface area contributed by atoms with Crippen molar-refractivity contribution in [2.75, 3.05) is 14.2 Å². The maximum atomic E-state index is 12.8. The van der Waals surface area contributed by atoms with E-state index >= 15 is 0 Å². The van der Waals surface area contributed by atoms with Gasteiger partial charge in [0.1, 0.15) is 18.4 Å². The molecule has 1 aromatic heterocycles. The van der Waals surface area contributed by atoms with Crippen molar-refractivity contribution in [3.8, 4) is 5.75 Å². The minimum atomic E-state index is -0.00728. The highest BCUT2D eigenvalue weighted by Gasteiger charge is 2.12. The lowest BCUT2D eigenvalue weighted by Gasteiger charge is -2.18. The first-order valence-electron chi connectivity index (χ1n) is 9.36. The second-order valence-corrected chi connectivity index (χ2v) is 7.00. The third-order valence-corrected chi connectivity index (χ3v) is 4.89. The molecule has 0 atom stereocenters. The van der Waals surface area contributed by atoms with Crippen LogP contribution in [0.5, 0.6) is 5.75 Å². The summed E-state index contributed by atoms with van der Waals surface area (Å²) in [5.41, 5.74) is 2.82. The van der Waals surface area contributed by atoms with Gasteiger partial charge in [-0.1, -0.05) is 30.3 Å². The SMILES string of the molecule is COc1ccc2cc(CN(C)C(=O)c3ccc(Cn4cncn4)cc3)ccc2c1. The Morgan fingerprint density at radius 1 is 1.00 bits per heavy atom. The Labute approximate surface area is 169 Å². The molecule has 4 rings (SSSR count). The lowest BCUT2D eigenvalue weighted by Crippen LogP contribution is -2.26. The van der Waals surface area contributed by atoms with Crippen molar-refractivity contribution >= 4 is 16.7 Å². The molecule has 4 aromatic rings. The lowest BCUT2D eigenvalue weighted by atomic mass is 10.1. The minimum absolute atomic E-state index is 0.00728. The summed E-state index contributed by atoms with van der Waals surface area (Å²) in [5, 5.41) is 6.34. The van der Waals surface area contributed by atoms with E-state index in [1.165, 1.54) is 6.33 Å². The molecule has 146 valence electrons. The topological polar surface area (TPSA) is 60.2 Å². The number of carbonyl (C=O) groups is 1. The summed E-state index contributed by atoms with van der Waals surface area (Å²) < 4.78 is 7.02. The van der Waals surface area contributed by atoms with Gasteiger partial charge < -0.3 is 9.64 Å². The molecular formula is C23H22N4O2. The number of carbonyl (C=O) groups excluding carboxylic acids is 1. The average molecular weight is 386 g/mol. The molecule has 0 fully saturated rings. The summed E-state index contributed by atoms with van der Waals surface area (Å²) >= 11 is 0. The Morgan fingerprint density at radius 3 is 2.45 bits per heavy atom. The fraction of sp³-hybridized carbons (Fsp3) is 0.174. The number of benzene rings is 3. The zero-order valence-corrected chi connectivity index (χ0v) is 16.4. The van der Waals surface area contributed by atoms with Crippen LogP contribution in [0.1, 0.15) is 21.5 Å². The van der Waals surface area contributed by atoms with Crippen LogP contribution >= 0.6 is 0 Å². The van der Waals surface area contributed by atoms with Gasteiger partial charge in [-0.3, -0.25) is 4.79 Å². The van der Waals surface area contributed by atoms with Gasteiger partial charge in [0.25, 0.3) is 5.91 Å². The van der Waals surface area contributed by atoms with Gasteiger partial charge >= 0.3 is 0 Å². The van der Waals surface area contributed by atoms with E-state index in [2.05, 4.69) is 22.2 Å². The van der Waals surface area contributed by atoms with Gasteiger partial charge in [-0.15, -0.1) is 0 Å². The number of nitrogens with zero attached hydrogens (tertiary/aromatic N) is 4. The summed E-state index contributed by atoms with van der Waals surface area (Å²) in [4.78, 5) is 18.5. The van der Waals surface area contributed by atoms with Crippen molar-refractivity contribution in [1.29, 1.82) is 0 Å². The van der Waals surface area contributed by atoms with E-state index < -0.39 is 0 Å². The van der Waals surface area contributed by atoms with Crippen LogP contribution in [0.2, 0.25) is 0 Å². The van der Waals surface area contributed by atoms with E-state index in [0.29, 0.717) is 18.7 Å². The van der Waals surface area contributed by atoms with Gasteiger partial charge in [-0.05, 0) is 52.2 Å². The molecule has 0 aliphatic rings. The molecule has 3 aromatic carbocycles. The molecule has 6 nitrogen and oxygen atoms in total. The van der Waals surface area contributed by atoms with Gasteiger partial charge in [-0.2, -0.15) is 5.10 Å². The fourth-order valence-corrected chi connectivity index (χ4v) is 3.32. The average Bonchev–Trinajstić information content (AvgIpc) is 3.26. The Kier molecular flexibility index (Phi) is 5.24. The first-order chi connectivity index (χ1) is 14.1. The van der Waals surface area contributed by atoms with E-state index in [9.17, 15) is 4.79 Å². The van der Waals surface area contributed by atoms with Crippen molar-refractivity contribution in [3.63, 3.8) is 0 Å². The molecule has 0 N–H and O–H groups in total. The van der Waals surface area contributed by atoms with Crippen LogP contribution in [0.3, 0.4) is 0 Å². The zero-order valence-electron chi connectivity index (χ0n) is 16.4. The molecular weight excluding hydrogens is 364 g/mol. The summed E-state index contributed by atoms with van der Waals surface area (Å²) in [6.07, 6.45) is 3.18. The zero-order chi connectivity index (χ0) is 20.2. The van der Waals surface area contributed by atoms with Crippen molar-refractivity contribution in [3.05, 3.63) is 90.0 Å². The van der Waals surface area contributed by atoms with Crippen LogP contribution in [0, 0.1) is 0 Å². The van der Waals surface area contributed by atoms with E-state index in [4.69, 9.17) is 4.74 Å². The van der Waals surface area contributed by atoms with Crippen molar-refractivity contribution in [2.24, 2.45) is 0 Å². The number of amides is 1. The van der Waals surface area contributed by atoms with Gasteiger partial charge in [0, 0.05) is 19.2 Å². The first kappa shape index (κ1) is 18.7. The van der Waals surface area contributed by atoms with Gasteiger partial charge in [0.2, 0.25) is 0 Å². The molecule has 0 radical (unpaired) electrons. The number of fused-ring (bicyclic) bond motifs is 1. The number of hydrogen-bond acceptors (Lipinski definition) is 4. The molecule has 0 unspecified atom stereocenters. The molecule has 0 spiro atoms. The standard InChI is InChI=1S/C23H22N4O2/c1-26(13-18-5-8-21-12-22(29-2)10-9-20(21)11-18)23(28)19-6-3-17(4-7-19)14-27-16-24-15-25-27/h3-12,15-16H,13-14H2,1-2H3. The number of rotatable bonds is 6. The van der Waals surface area contributed by atoms with Gasteiger partial charge in [0.05, 0.1) is 13.7 Å². The number of aromatic nitrogens is 3. The molecule has 0 saturated heterocycles. The normalized spacial score (nSPS) is 10.8. The summed E-state index contributed by atoms with van der Waals surface area (Å²) in [7, 11) is 3.49. The number of hydrogen-bond donors (Lipinski definition) is 0. The lowest BCUT2D eigenvalue weighted by molar-refractivity contribution is 0.0785. The monoisotopic (exact) mass is 386 g/mol. The minimum Gasteiger partial charge on any atom is -0.497 e. The fourth-order valence-electron chi connectivity index (χ4n) is 3.32. The third-order valence-electron chi connectivity index (χ3n) is 4.89. The quantitative estimate of drug-likeness (QED) is 0.506. The third kappa shape index (κ3) is 4.27. The Bertz CT molecular complexity index is 1120. The summed E-state index contributed by atoms with van der Waals surface area (Å²) in [6.45, 7) is 1.17. The van der Waals surface area contributed by atoms with Gasteiger partial charge in [0.15, 0.2) is 0 Å². The molecule has 29 heavy (non-hydrogen) atoms. The Morgan fingerprint density at radius 2 is 1.72 bits per heavy atom. The van der Waals surface area contributed by atoms with Gasteiger partial charge in [-0.25, -0.2) is 9.67 Å². The Balaban J connectivity index is 1.44. The van der Waals surface area contributed by atoms with Crippen molar-refractivity contribution in [2.45, 2.75) is 13.1 Å². The second kappa shape index (κ2) is 8.14. The highest BCUT2D eigenvalue weighted by molar-refractivity contribution is 5.94. The number of methoxy groups -OCH3 is 1. The van der Waals surface area contributed by atoms with E-state index in [-0.39, 0.29) is 5.91 Å². The molecule has 0 bridgehead atoms. The molecule has 0 saturated carbocycles. The predicted molar refractivity (Wildman–Crippen MR) is 112 cm³/mol. The van der Waals surface area contributed by atoms with Crippen LogP contribution in [-0.4, -0.2) is 39.7 Å². The second-order valence-electron chi connectivity index (χ2n) is 7.00. The van der Waals surface area contributed by atoms with E-state index in [0.717, 1.165) is 27.6 Å².